The number of nitrogens with two attached hydrogens (primary N) is 1. The van der Waals surface area contributed by atoms with Crippen LogP contribution in [0.25, 0.3) is 22.1 Å². The lowest BCUT2D eigenvalue weighted by Crippen LogP contribution is -2.33. The number of nitrogens with one attached hydrogen (secondary N) is 2. The van der Waals surface area contributed by atoms with E-state index < -0.39 is 11.9 Å². The lowest BCUT2D eigenvalue weighted by atomic mass is 10.0. The molecule has 3 aromatic heterocycles. The molecule has 0 fully saturated rings. The van der Waals surface area contributed by atoms with Crippen molar-refractivity contribution >= 4 is 34.1 Å². The van der Waals surface area contributed by atoms with Gasteiger partial charge in [-0.05, 0) is 61.7 Å². The summed E-state index contributed by atoms with van der Waals surface area (Å²) < 4.78 is 3.01. The topological polar surface area (TPSA) is 136 Å². The fourth-order valence-corrected chi connectivity index (χ4v) is 4.72. The lowest BCUT2D eigenvalue weighted by Gasteiger charge is -2.21. The lowest BCUT2D eigenvalue weighted by molar-refractivity contribution is -0.116. The molecule has 42 heavy (non-hydrogen) atoms. The van der Waals surface area contributed by atoms with E-state index in [1.807, 2.05) is 55.5 Å². The number of amides is 2. The minimum atomic E-state index is -0.604. The molecule has 0 saturated carbocycles. The third-order valence-electron chi connectivity index (χ3n) is 6.69. The van der Waals surface area contributed by atoms with Gasteiger partial charge in [-0.1, -0.05) is 48.8 Å². The average Bonchev–Trinajstić information content (AvgIpc) is 3.31. The SMILES string of the molecule is C=CC(=O)NCCC#Cc1cccc2cc([C@@H](C)NC(=O)c3c(N)nc4ccc(C)nn34)n(-c3ccccc3)c(=O)c12. The summed E-state index contributed by atoms with van der Waals surface area (Å²) in [4.78, 5) is 43.3. The molecular formula is C32H29N7O3. The first kappa shape index (κ1) is 27.9. The molecule has 10 nitrogen and oxygen atoms in total. The van der Waals surface area contributed by atoms with Crippen molar-refractivity contribution < 1.29 is 9.59 Å². The van der Waals surface area contributed by atoms with Gasteiger partial charge in [-0.15, -0.1) is 0 Å². The number of aryl methyl sites for hydroxylation is 1. The number of hydrogen-bond acceptors (Lipinski definition) is 6. The molecule has 0 saturated heterocycles. The first-order valence-corrected chi connectivity index (χ1v) is 13.3. The Kier molecular flexibility index (Phi) is 7.84. The van der Waals surface area contributed by atoms with Crippen LogP contribution >= 0.6 is 0 Å². The highest BCUT2D eigenvalue weighted by molar-refractivity contribution is 5.98. The molecule has 210 valence electrons. The van der Waals surface area contributed by atoms with E-state index in [0.717, 1.165) is 0 Å². The van der Waals surface area contributed by atoms with Crippen LogP contribution in [0.3, 0.4) is 0 Å². The Bertz CT molecular complexity index is 1960. The summed E-state index contributed by atoms with van der Waals surface area (Å²) in [7, 11) is 0. The Morgan fingerprint density at radius 3 is 2.67 bits per heavy atom. The maximum Gasteiger partial charge on any atom is 0.274 e. The fourth-order valence-electron chi connectivity index (χ4n) is 4.72. The minimum absolute atomic E-state index is 0.0593. The van der Waals surface area contributed by atoms with Gasteiger partial charge in [0, 0.05) is 29.9 Å². The Hall–Kier alpha value is -5.69. The van der Waals surface area contributed by atoms with Crippen molar-refractivity contribution in [2.24, 2.45) is 0 Å². The molecule has 0 bridgehead atoms. The summed E-state index contributed by atoms with van der Waals surface area (Å²) in [6.45, 7) is 7.41. The fraction of sp³-hybridized carbons (Fsp3) is 0.156. The molecule has 2 amide bonds. The van der Waals surface area contributed by atoms with Crippen molar-refractivity contribution in [3.05, 3.63) is 112 Å². The van der Waals surface area contributed by atoms with Crippen molar-refractivity contribution in [1.82, 2.24) is 29.8 Å². The molecule has 5 rings (SSSR count). The van der Waals surface area contributed by atoms with Crippen LogP contribution in [0.1, 0.15) is 46.8 Å². The van der Waals surface area contributed by atoms with Gasteiger partial charge < -0.3 is 16.4 Å². The number of hydrogen-bond donors (Lipinski definition) is 3. The maximum absolute atomic E-state index is 14.1. The summed E-state index contributed by atoms with van der Waals surface area (Å²) in [5, 5.41) is 11.2. The van der Waals surface area contributed by atoms with Crippen LogP contribution in [-0.4, -0.2) is 37.5 Å². The zero-order valence-corrected chi connectivity index (χ0v) is 23.2. The molecule has 4 N–H and O–H groups in total. The predicted octanol–water partition coefficient (Wildman–Crippen LogP) is 3.46. The highest BCUT2D eigenvalue weighted by atomic mass is 16.2. The molecule has 2 aromatic carbocycles. The molecule has 5 aromatic rings. The third-order valence-corrected chi connectivity index (χ3v) is 6.69. The van der Waals surface area contributed by atoms with Crippen molar-refractivity contribution in [3.63, 3.8) is 0 Å². The van der Waals surface area contributed by atoms with E-state index >= 15 is 0 Å². The molecule has 0 radical (unpaired) electrons. The standard InChI is InChI=1S/C32H29N7O3/c1-4-27(40)34-18-9-8-11-22-12-10-13-23-19-25(38(32(42)28(22)23)24-14-6-5-7-15-24)21(3)35-31(41)29-30(33)36-26-17-16-20(2)37-39(26)29/h4-7,10,12-17,19,21H,1,9,18,33H2,2-3H3,(H,34,40)(H,35,41)/t21-/m1/s1. The number of pyridine rings is 1. The quantitative estimate of drug-likeness (QED) is 0.159. The normalized spacial score (nSPS) is 11.5. The van der Waals surface area contributed by atoms with Crippen LogP contribution in [0.2, 0.25) is 0 Å². The number of benzene rings is 2. The molecule has 0 spiro atoms. The van der Waals surface area contributed by atoms with Gasteiger partial charge in [0.15, 0.2) is 17.2 Å². The zero-order valence-electron chi connectivity index (χ0n) is 23.2. The van der Waals surface area contributed by atoms with Crippen LogP contribution in [0.5, 0.6) is 0 Å². The molecule has 3 heterocycles. The van der Waals surface area contributed by atoms with Crippen LogP contribution in [0.4, 0.5) is 5.82 Å². The molecule has 0 aliphatic heterocycles. The second kappa shape index (κ2) is 11.8. The van der Waals surface area contributed by atoms with Crippen molar-refractivity contribution in [3.8, 4) is 17.5 Å². The monoisotopic (exact) mass is 559 g/mol. The summed E-state index contributed by atoms with van der Waals surface area (Å²) in [5.41, 5.74) is 8.90. The largest absolute Gasteiger partial charge is 0.382 e. The van der Waals surface area contributed by atoms with Gasteiger partial charge >= 0.3 is 0 Å². The zero-order chi connectivity index (χ0) is 29.8. The van der Waals surface area contributed by atoms with Gasteiger partial charge in [0.1, 0.15) is 0 Å². The number of anilines is 1. The summed E-state index contributed by atoms with van der Waals surface area (Å²) in [6, 6.07) is 19.5. The molecular weight excluding hydrogens is 530 g/mol. The molecule has 1 atom stereocenters. The second-order valence-corrected chi connectivity index (χ2v) is 9.65. The number of rotatable bonds is 7. The number of nitrogen functional groups attached to an aromatic ring is 1. The summed E-state index contributed by atoms with van der Waals surface area (Å²) in [6.07, 6.45) is 1.61. The van der Waals surface area contributed by atoms with E-state index in [1.54, 1.807) is 29.7 Å². The summed E-state index contributed by atoms with van der Waals surface area (Å²) in [5.74, 6) is 5.44. The predicted molar refractivity (Wildman–Crippen MR) is 162 cm³/mol. The minimum Gasteiger partial charge on any atom is -0.382 e. The van der Waals surface area contributed by atoms with Gasteiger partial charge in [-0.2, -0.15) is 5.10 Å². The number of aromatic nitrogens is 4. The van der Waals surface area contributed by atoms with E-state index in [4.69, 9.17) is 5.73 Å². The number of carbonyl (C=O) groups is 2. The van der Waals surface area contributed by atoms with Gasteiger partial charge in [0.2, 0.25) is 5.91 Å². The van der Waals surface area contributed by atoms with E-state index in [0.29, 0.717) is 52.0 Å². The van der Waals surface area contributed by atoms with E-state index in [2.05, 4.69) is 39.1 Å². The van der Waals surface area contributed by atoms with E-state index in [9.17, 15) is 14.4 Å². The van der Waals surface area contributed by atoms with E-state index in [1.165, 1.54) is 10.6 Å². The highest BCUT2D eigenvalue weighted by Crippen LogP contribution is 2.24. The summed E-state index contributed by atoms with van der Waals surface area (Å²) >= 11 is 0. The van der Waals surface area contributed by atoms with Gasteiger partial charge in [-0.3, -0.25) is 19.0 Å². The number of nitrogens with zero attached hydrogens (tertiary/aromatic N) is 4. The molecule has 0 aliphatic carbocycles. The average molecular weight is 560 g/mol. The Labute approximate surface area is 241 Å². The second-order valence-electron chi connectivity index (χ2n) is 9.65. The van der Waals surface area contributed by atoms with Gasteiger partial charge in [0.05, 0.1) is 17.1 Å². The van der Waals surface area contributed by atoms with Gasteiger partial charge in [0.25, 0.3) is 11.5 Å². The Morgan fingerprint density at radius 1 is 1.12 bits per heavy atom. The van der Waals surface area contributed by atoms with E-state index in [-0.39, 0.29) is 23.0 Å². The highest BCUT2D eigenvalue weighted by Gasteiger charge is 2.23. The van der Waals surface area contributed by atoms with Crippen LogP contribution in [0, 0.1) is 18.8 Å². The van der Waals surface area contributed by atoms with Crippen LogP contribution in [-0.2, 0) is 4.79 Å². The first-order chi connectivity index (χ1) is 20.3. The van der Waals surface area contributed by atoms with Crippen molar-refractivity contribution in [1.29, 1.82) is 0 Å². The molecule has 0 unspecified atom stereocenters. The van der Waals surface area contributed by atoms with Crippen molar-refractivity contribution in [2.45, 2.75) is 26.3 Å². The molecule has 0 aliphatic rings. The number of carbonyl (C=O) groups excluding carboxylic acids is 2. The van der Waals surface area contributed by atoms with Crippen molar-refractivity contribution in [2.75, 3.05) is 12.3 Å². The number of fused-ring (bicyclic) bond motifs is 2. The third kappa shape index (κ3) is 5.48. The Balaban J connectivity index is 1.56. The first-order valence-electron chi connectivity index (χ1n) is 13.3. The van der Waals surface area contributed by atoms with Gasteiger partial charge in [-0.25, -0.2) is 9.50 Å². The number of para-hydroxylation sites is 1. The van der Waals surface area contributed by atoms with Crippen LogP contribution < -0.4 is 21.9 Å². The maximum atomic E-state index is 14.1. The number of imidazole rings is 1. The Morgan fingerprint density at radius 2 is 1.90 bits per heavy atom. The smallest absolute Gasteiger partial charge is 0.274 e. The molecule has 10 heteroatoms. The van der Waals surface area contributed by atoms with Crippen LogP contribution in [0.15, 0.2) is 84.2 Å².